The number of hydrogen-bond donors (Lipinski definition) is 3. The summed E-state index contributed by atoms with van der Waals surface area (Å²) >= 11 is 0. The van der Waals surface area contributed by atoms with Gasteiger partial charge in [0.25, 0.3) is 0 Å². The Morgan fingerprint density at radius 3 is 2.48 bits per heavy atom. The van der Waals surface area contributed by atoms with E-state index in [0.717, 1.165) is 28.2 Å². The molecule has 0 spiro atoms. The number of carboxylic acid groups (broad SMARTS) is 1. The molecule has 33 heavy (non-hydrogen) atoms. The number of alkyl halides is 6. The second-order valence-corrected chi connectivity index (χ2v) is 7.74. The molecule has 0 fully saturated rings. The maximum Gasteiger partial charge on any atom is 0.416 e. The summed E-state index contributed by atoms with van der Waals surface area (Å²) in [6.45, 7) is -0.0161. The minimum Gasteiger partial charge on any atom is -0.489 e. The normalized spacial score (nSPS) is 16.6. The molecule has 4 rings (SSSR count). The third-order valence-electron chi connectivity index (χ3n) is 5.54. The Hall–Kier alpha value is -3.21. The molecule has 0 amide bonds. The van der Waals surface area contributed by atoms with Crippen LogP contribution in [0.5, 0.6) is 5.75 Å². The Labute approximate surface area is 183 Å². The van der Waals surface area contributed by atoms with E-state index >= 15 is 0 Å². The SMILES string of the molecule is O=C(O)C[C@H]1NCCc2c1[nH]c1ccc(OCc3ccc(C(F)(F)F)cc3C(F)(F)F)cc21. The van der Waals surface area contributed by atoms with Crippen LogP contribution in [0.25, 0.3) is 10.9 Å². The average Bonchev–Trinajstić information content (AvgIpc) is 3.09. The van der Waals surface area contributed by atoms with Crippen molar-refractivity contribution in [3.8, 4) is 5.75 Å². The summed E-state index contributed by atoms with van der Waals surface area (Å²) in [5, 5.41) is 13.0. The van der Waals surface area contributed by atoms with Crippen molar-refractivity contribution in [3.05, 3.63) is 64.3 Å². The minimum absolute atomic E-state index is 0.0833. The second-order valence-electron chi connectivity index (χ2n) is 7.74. The molecule has 0 aliphatic carbocycles. The third kappa shape index (κ3) is 4.77. The van der Waals surface area contributed by atoms with Crippen LogP contribution in [0.2, 0.25) is 0 Å². The van der Waals surface area contributed by atoms with Gasteiger partial charge in [0, 0.05) is 22.2 Å². The van der Waals surface area contributed by atoms with Gasteiger partial charge in [0.2, 0.25) is 0 Å². The molecule has 1 aliphatic heterocycles. The number of hydrogen-bond acceptors (Lipinski definition) is 3. The van der Waals surface area contributed by atoms with Crippen LogP contribution < -0.4 is 10.1 Å². The van der Waals surface area contributed by atoms with E-state index in [-0.39, 0.29) is 18.2 Å². The van der Waals surface area contributed by atoms with Gasteiger partial charge in [-0.1, -0.05) is 6.07 Å². The Kier molecular flexibility index (Phi) is 5.77. The largest absolute Gasteiger partial charge is 0.489 e. The molecule has 2 heterocycles. The van der Waals surface area contributed by atoms with Gasteiger partial charge in [-0.3, -0.25) is 4.79 Å². The highest BCUT2D eigenvalue weighted by Gasteiger charge is 2.38. The Balaban J connectivity index is 1.61. The summed E-state index contributed by atoms with van der Waals surface area (Å²) < 4.78 is 84.1. The van der Waals surface area contributed by atoms with Gasteiger partial charge in [0.05, 0.1) is 23.6 Å². The molecule has 0 unspecified atom stereocenters. The van der Waals surface area contributed by atoms with Crippen LogP contribution in [0.4, 0.5) is 26.3 Å². The highest BCUT2D eigenvalue weighted by Crippen LogP contribution is 2.38. The summed E-state index contributed by atoms with van der Waals surface area (Å²) in [5.41, 5.74) is -0.860. The molecule has 11 heteroatoms. The number of benzene rings is 2. The number of aromatic amines is 1. The van der Waals surface area contributed by atoms with Crippen molar-refractivity contribution in [2.75, 3.05) is 6.54 Å². The van der Waals surface area contributed by atoms with Gasteiger partial charge in [-0.25, -0.2) is 0 Å². The molecule has 0 saturated heterocycles. The van der Waals surface area contributed by atoms with Gasteiger partial charge in [0.15, 0.2) is 0 Å². The van der Waals surface area contributed by atoms with Crippen molar-refractivity contribution in [3.63, 3.8) is 0 Å². The number of rotatable bonds is 5. The predicted molar refractivity (Wildman–Crippen MR) is 106 cm³/mol. The van der Waals surface area contributed by atoms with Gasteiger partial charge in [0.1, 0.15) is 12.4 Å². The Morgan fingerprint density at radius 1 is 1.06 bits per heavy atom. The van der Waals surface area contributed by atoms with Crippen molar-refractivity contribution in [1.82, 2.24) is 10.3 Å². The maximum atomic E-state index is 13.3. The fraction of sp³-hybridized carbons (Fsp3) is 0.318. The van der Waals surface area contributed by atoms with E-state index < -0.39 is 47.7 Å². The number of aromatic nitrogens is 1. The number of halogens is 6. The molecule has 5 nitrogen and oxygen atoms in total. The molecule has 0 bridgehead atoms. The zero-order chi connectivity index (χ0) is 24.0. The van der Waals surface area contributed by atoms with Crippen LogP contribution >= 0.6 is 0 Å². The number of ether oxygens (including phenoxy) is 1. The molecular weight excluding hydrogens is 454 g/mol. The van der Waals surface area contributed by atoms with Gasteiger partial charge in [-0.2, -0.15) is 26.3 Å². The number of carbonyl (C=O) groups is 1. The van der Waals surface area contributed by atoms with Crippen LogP contribution in [-0.2, 0) is 30.2 Å². The maximum absolute atomic E-state index is 13.3. The molecule has 1 atom stereocenters. The van der Waals surface area contributed by atoms with Crippen molar-refractivity contribution < 1.29 is 41.0 Å². The number of H-pyrrole nitrogens is 1. The van der Waals surface area contributed by atoms with Crippen LogP contribution in [-0.4, -0.2) is 22.6 Å². The number of carboxylic acids is 1. The van der Waals surface area contributed by atoms with E-state index in [1.54, 1.807) is 12.1 Å². The van der Waals surface area contributed by atoms with E-state index in [0.29, 0.717) is 19.0 Å². The highest BCUT2D eigenvalue weighted by molar-refractivity contribution is 5.86. The van der Waals surface area contributed by atoms with Gasteiger partial charge in [-0.15, -0.1) is 0 Å². The summed E-state index contributed by atoms with van der Waals surface area (Å²) in [5.74, 6) is -0.717. The van der Waals surface area contributed by atoms with Crippen molar-refractivity contribution >= 4 is 16.9 Å². The first-order chi connectivity index (χ1) is 15.4. The second kappa shape index (κ2) is 8.29. The lowest BCUT2D eigenvalue weighted by Crippen LogP contribution is -2.31. The quantitative estimate of drug-likeness (QED) is 0.432. The zero-order valence-corrected chi connectivity index (χ0v) is 16.9. The topological polar surface area (TPSA) is 74.4 Å². The molecule has 2 aromatic carbocycles. The third-order valence-corrected chi connectivity index (χ3v) is 5.54. The number of nitrogens with one attached hydrogen (secondary N) is 2. The lowest BCUT2D eigenvalue weighted by Gasteiger charge is -2.22. The first-order valence-corrected chi connectivity index (χ1v) is 9.93. The molecular formula is C22H18F6N2O3. The number of fused-ring (bicyclic) bond motifs is 3. The van der Waals surface area contributed by atoms with E-state index in [2.05, 4.69) is 10.3 Å². The molecule has 0 saturated carbocycles. The van der Waals surface area contributed by atoms with Crippen LogP contribution in [0.1, 0.15) is 40.4 Å². The van der Waals surface area contributed by atoms with Gasteiger partial charge in [-0.05, 0) is 48.9 Å². The van der Waals surface area contributed by atoms with Crippen LogP contribution in [0.15, 0.2) is 36.4 Å². The van der Waals surface area contributed by atoms with Crippen molar-refractivity contribution in [2.24, 2.45) is 0 Å². The van der Waals surface area contributed by atoms with E-state index in [1.807, 2.05) is 0 Å². The zero-order valence-electron chi connectivity index (χ0n) is 16.9. The molecule has 1 aromatic heterocycles. The van der Waals surface area contributed by atoms with E-state index in [4.69, 9.17) is 9.84 Å². The Bertz CT molecular complexity index is 1200. The molecule has 176 valence electrons. The van der Waals surface area contributed by atoms with E-state index in [9.17, 15) is 31.1 Å². The molecule has 3 N–H and O–H groups in total. The smallest absolute Gasteiger partial charge is 0.416 e. The van der Waals surface area contributed by atoms with Crippen LogP contribution in [0.3, 0.4) is 0 Å². The van der Waals surface area contributed by atoms with Gasteiger partial charge >= 0.3 is 18.3 Å². The minimum atomic E-state index is -4.98. The Morgan fingerprint density at radius 2 is 1.82 bits per heavy atom. The lowest BCUT2D eigenvalue weighted by atomic mass is 9.97. The summed E-state index contributed by atoms with van der Waals surface area (Å²) in [4.78, 5) is 14.3. The van der Waals surface area contributed by atoms with Crippen LogP contribution in [0, 0.1) is 0 Å². The number of aliphatic carboxylic acids is 1. The summed E-state index contributed by atoms with van der Waals surface area (Å²) in [7, 11) is 0. The van der Waals surface area contributed by atoms with Gasteiger partial charge < -0.3 is 20.1 Å². The van der Waals surface area contributed by atoms with Crippen molar-refractivity contribution in [2.45, 2.75) is 37.8 Å². The first kappa shape index (κ1) is 23.0. The molecule has 3 aromatic rings. The fourth-order valence-electron chi connectivity index (χ4n) is 4.03. The summed E-state index contributed by atoms with van der Waals surface area (Å²) in [6.07, 6.45) is -9.37. The average molecular weight is 472 g/mol. The predicted octanol–water partition coefficient (Wildman–Crippen LogP) is 5.45. The van der Waals surface area contributed by atoms with Crippen molar-refractivity contribution in [1.29, 1.82) is 0 Å². The highest BCUT2D eigenvalue weighted by atomic mass is 19.4. The molecule has 1 aliphatic rings. The standard InChI is InChI=1S/C22H18F6N2O3/c23-21(24,25)12-2-1-11(16(7-12)22(26,27)28)10-33-13-3-4-17-15(8-13)14-5-6-29-18(9-19(31)32)20(14)30-17/h1-4,7-8,18,29-30H,5-6,9-10H2,(H,31,32)/t18-/m1/s1. The van der Waals surface area contributed by atoms with E-state index in [1.165, 1.54) is 6.07 Å². The monoisotopic (exact) mass is 472 g/mol. The summed E-state index contributed by atoms with van der Waals surface area (Å²) in [6, 6.07) is 5.87. The first-order valence-electron chi connectivity index (χ1n) is 9.93. The lowest BCUT2D eigenvalue weighted by molar-refractivity contribution is -0.144. The fourth-order valence-corrected chi connectivity index (χ4v) is 4.03. The molecule has 0 radical (unpaired) electrons.